The number of amides is 1. The third kappa shape index (κ3) is 3.69. The van der Waals surface area contributed by atoms with E-state index in [0.29, 0.717) is 13.0 Å². The van der Waals surface area contributed by atoms with E-state index < -0.39 is 17.6 Å². The van der Waals surface area contributed by atoms with Crippen LogP contribution in [0.5, 0.6) is 0 Å². The summed E-state index contributed by atoms with van der Waals surface area (Å²) in [5, 5.41) is 3.78. The minimum atomic E-state index is -4.55. The number of hydrogen-bond donors (Lipinski definition) is 1. The molecule has 3 aromatic rings. The molecule has 25 heavy (non-hydrogen) atoms. The normalized spacial score (nSPS) is 11.7. The molecule has 0 atom stereocenters. The van der Waals surface area contributed by atoms with Crippen molar-refractivity contribution in [3.8, 4) is 0 Å². The SMILES string of the molecule is Cc1c(CCNC(=O)c2ccccc2C(F)(F)F)sc2ccccc12. The van der Waals surface area contributed by atoms with E-state index in [1.807, 2.05) is 31.2 Å². The van der Waals surface area contributed by atoms with Crippen LogP contribution < -0.4 is 5.32 Å². The fourth-order valence-corrected chi connectivity index (χ4v) is 3.99. The number of carbonyl (C=O) groups is 1. The van der Waals surface area contributed by atoms with Crippen LogP contribution in [0.25, 0.3) is 10.1 Å². The number of rotatable bonds is 4. The van der Waals surface area contributed by atoms with Crippen LogP contribution in [-0.4, -0.2) is 12.5 Å². The largest absolute Gasteiger partial charge is 0.417 e. The Morgan fingerprint density at radius 3 is 2.48 bits per heavy atom. The Balaban J connectivity index is 1.70. The van der Waals surface area contributed by atoms with Crippen molar-refractivity contribution in [1.29, 1.82) is 0 Å². The number of halogens is 3. The molecule has 0 aliphatic rings. The lowest BCUT2D eigenvalue weighted by atomic mass is 10.1. The van der Waals surface area contributed by atoms with Crippen molar-refractivity contribution in [3.05, 3.63) is 70.1 Å². The molecule has 0 spiro atoms. The lowest BCUT2D eigenvalue weighted by Crippen LogP contribution is -2.28. The summed E-state index contributed by atoms with van der Waals surface area (Å²) < 4.78 is 40.1. The fraction of sp³-hybridized carbons (Fsp3) is 0.211. The molecule has 0 unspecified atom stereocenters. The zero-order chi connectivity index (χ0) is 18.0. The van der Waals surface area contributed by atoms with Gasteiger partial charge in [0.25, 0.3) is 5.91 Å². The van der Waals surface area contributed by atoms with Crippen LogP contribution in [0, 0.1) is 6.92 Å². The topological polar surface area (TPSA) is 29.1 Å². The van der Waals surface area contributed by atoms with E-state index in [4.69, 9.17) is 0 Å². The Labute approximate surface area is 147 Å². The molecule has 6 heteroatoms. The maximum atomic E-state index is 13.0. The Morgan fingerprint density at radius 2 is 1.76 bits per heavy atom. The van der Waals surface area contributed by atoms with Crippen molar-refractivity contribution in [1.82, 2.24) is 5.32 Å². The van der Waals surface area contributed by atoms with Crippen molar-refractivity contribution in [3.63, 3.8) is 0 Å². The third-order valence-electron chi connectivity index (χ3n) is 4.06. The molecule has 0 radical (unpaired) electrons. The third-order valence-corrected chi connectivity index (χ3v) is 5.39. The van der Waals surface area contributed by atoms with Gasteiger partial charge in [-0.25, -0.2) is 0 Å². The van der Waals surface area contributed by atoms with Gasteiger partial charge in [0.1, 0.15) is 0 Å². The lowest BCUT2D eigenvalue weighted by molar-refractivity contribution is -0.137. The second kappa shape index (κ2) is 6.88. The van der Waals surface area contributed by atoms with Gasteiger partial charge in [-0.2, -0.15) is 13.2 Å². The predicted octanol–water partition coefficient (Wildman–Crippen LogP) is 5.20. The zero-order valence-corrected chi connectivity index (χ0v) is 14.3. The number of aryl methyl sites for hydroxylation is 1. The number of benzene rings is 2. The lowest BCUT2D eigenvalue weighted by Gasteiger charge is -2.12. The molecule has 0 fully saturated rings. The highest BCUT2D eigenvalue weighted by Gasteiger charge is 2.34. The first-order valence-corrected chi connectivity index (χ1v) is 8.61. The van der Waals surface area contributed by atoms with Crippen molar-refractivity contribution in [2.45, 2.75) is 19.5 Å². The van der Waals surface area contributed by atoms with Crippen molar-refractivity contribution in [2.75, 3.05) is 6.54 Å². The number of thiophene rings is 1. The van der Waals surface area contributed by atoms with Crippen molar-refractivity contribution in [2.24, 2.45) is 0 Å². The van der Waals surface area contributed by atoms with Crippen molar-refractivity contribution >= 4 is 27.3 Å². The van der Waals surface area contributed by atoms with Crippen LogP contribution in [0.3, 0.4) is 0 Å². The van der Waals surface area contributed by atoms with Crippen LogP contribution in [0.15, 0.2) is 48.5 Å². The molecule has 130 valence electrons. The summed E-state index contributed by atoms with van der Waals surface area (Å²) in [6.45, 7) is 2.31. The van der Waals surface area contributed by atoms with Gasteiger partial charge in [0.05, 0.1) is 11.1 Å². The van der Waals surface area contributed by atoms with Gasteiger partial charge in [-0.15, -0.1) is 11.3 Å². The number of alkyl halides is 3. The zero-order valence-electron chi connectivity index (χ0n) is 13.5. The first-order valence-electron chi connectivity index (χ1n) is 7.79. The fourth-order valence-electron chi connectivity index (χ4n) is 2.78. The molecule has 1 aromatic heterocycles. The van der Waals surface area contributed by atoms with Gasteiger partial charge in [-0.3, -0.25) is 4.79 Å². The second-order valence-electron chi connectivity index (χ2n) is 5.70. The summed E-state index contributed by atoms with van der Waals surface area (Å²) in [5.74, 6) is -0.702. The molecule has 1 heterocycles. The molecule has 2 nitrogen and oxygen atoms in total. The van der Waals surface area contributed by atoms with Gasteiger partial charge in [0.15, 0.2) is 0 Å². The smallest absolute Gasteiger partial charge is 0.352 e. The Kier molecular flexibility index (Phi) is 4.81. The number of carbonyl (C=O) groups excluding carboxylic acids is 1. The summed E-state index contributed by atoms with van der Waals surface area (Å²) in [7, 11) is 0. The highest BCUT2D eigenvalue weighted by Crippen LogP contribution is 2.32. The molecule has 0 saturated heterocycles. The standard InChI is InChI=1S/C19H16F3NOS/c1-12-13-6-3-5-9-17(13)25-16(12)10-11-23-18(24)14-7-2-4-8-15(14)19(20,21)22/h2-9H,10-11H2,1H3,(H,23,24). The summed E-state index contributed by atoms with van der Waals surface area (Å²) in [6, 6.07) is 12.9. The Bertz CT molecular complexity index is 914. The molecule has 3 rings (SSSR count). The molecule has 1 N–H and O–H groups in total. The average molecular weight is 363 g/mol. The maximum absolute atomic E-state index is 13.0. The monoisotopic (exact) mass is 363 g/mol. The van der Waals surface area contributed by atoms with Crippen LogP contribution >= 0.6 is 11.3 Å². The molecule has 1 amide bonds. The molecule has 0 bridgehead atoms. The first kappa shape index (κ1) is 17.5. The Hall–Kier alpha value is -2.34. The molecular formula is C19H16F3NOS. The second-order valence-corrected chi connectivity index (χ2v) is 6.83. The maximum Gasteiger partial charge on any atom is 0.417 e. The van der Waals surface area contributed by atoms with E-state index in [-0.39, 0.29) is 5.56 Å². The van der Waals surface area contributed by atoms with E-state index in [2.05, 4.69) is 5.32 Å². The minimum absolute atomic E-state index is 0.290. The van der Waals surface area contributed by atoms with Crippen LogP contribution in [0.1, 0.15) is 26.4 Å². The van der Waals surface area contributed by atoms with Gasteiger partial charge in [0.2, 0.25) is 0 Å². The Morgan fingerprint density at radius 1 is 1.08 bits per heavy atom. The molecule has 0 aliphatic heterocycles. The highest BCUT2D eigenvalue weighted by molar-refractivity contribution is 7.19. The van der Waals surface area contributed by atoms with Gasteiger partial charge in [-0.1, -0.05) is 30.3 Å². The summed E-state index contributed by atoms with van der Waals surface area (Å²) in [4.78, 5) is 13.3. The predicted molar refractivity (Wildman–Crippen MR) is 94.0 cm³/mol. The summed E-state index contributed by atoms with van der Waals surface area (Å²) in [6.07, 6.45) is -3.96. The van der Waals surface area contributed by atoms with E-state index >= 15 is 0 Å². The summed E-state index contributed by atoms with van der Waals surface area (Å²) in [5.41, 5.74) is -0.0980. The molecule has 2 aromatic carbocycles. The number of nitrogens with one attached hydrogen (secondary N) is 1. The van der Waals surface area contributed by atoms with E-state index in [0.717, 1.165) is 16.5 Å². The highest BCUT2D eigenvalue weighted by atomic mass is 32.1. The van der Waals surface area contributed by atoms with Gasteiger partial charge < -0.3 is 5.32 Å². The van der Waals surface area contributed by atoms with Gasteiger partial charge in [0, 0.05) is 16.1 Å². The van der Waals surface area contributed by atoms with Gasteiger partial charge in [-0.05, 0) is 42.5 Å². The number of hydrogen-bond acceptors (Lipinski definition) is 2. The van der Waals surface area contributed by atoms with Crippen molar-refractivity contribution < 1.29 is 18.0 Å². The average Bonchev–Trinajstić information content (AvgIpc) is 2.90. The summed E-state index contributed by atoms with van der Waals surface area (Å²) >= 11 is 1.65. The van der Waals surface area contributed by atoms with Crippen LogP contribution in [-0.2, 0) is 12.6 Å². The van der Waals surface area contributed by atoms with E-state index in [1.54, 1.807) is 11.3 Å². The minimum Gasteiger partial charge on any atom is -0.352 e. The quantitative estimate of drug-likeness (QED) is 0.678. The first-order chi connectivity index (χ1) is 11.9. The molecule has 0 aliphatic carbocycles. The van der Waals surface area contributed by atoms with E-state index in [9.17, 15) is 18.0 Å². The number of fused-ring (bicyclic) bond motifs is 1. The van der Waals surface area contributed by atoms with Gasteiger partial charge >= 0.3 is 6.18 Å². The molecule has 0 saturated carbocycles. The van der Waals surface area contributed by atoms with Crippen LogP contribution in [0.2, 0.25) is 0 Å². The molecular weight excluding hydrogens is 347 g/mol. The van der Waals surface area contributed by atoms with E-state index in [1.165, 1.54) is 28.3 Å². The van der Waals surface area contributed by atoms with Crippen LogP contribution in [0.4, 0.5) is 13.2 Å².